The lowest BCUT2D eigenvalue weighted by atomic mass is 9.97. The van der Waals surface area contributed by atoms with E-state index in [9.17, 15) is 9.90 Å². The normalized spacial score (nSPS) is 21.1. The molecular weight excluding hydrogens is 204 g/mol. The molecule has 16 heavy (non-hydrogen) atoms. The number of nitrogens with two attached hydrogens (primary N) is 1. The van der Waals surface area contributed by atoms with E-state index in [1.165, 1.54) is 0 Å². The van der Waals surface area contributed by atoms with Crippen molar-refractivity contribution in [2.45, 2.75) is 57.5 Å². The highest BCUT2D eigenvalue weighted by molar-refractivity contribution is 5.82. The zero-order chi connectivity index (χ0) is 12.2. The number of rotatable bonds is 5. The summed E-state index contributed by atoms with van der Waals surface area (Å²) in [7, 11) is 0. The topological polar surface area (TPSA) is 75.4 Å². The third kappa shape index (κ3) is 3.46. The highest BCUT2D eigenvalue weighted by atomic mass is 16.3. The van der Waals surface area contributed by atoms with Crippen LogP contribution >= 0.6 is 0 Å². The monoisotopic (exact) mass is 228 g/mol. The predicted molar refractivity (Wildman–Crippen MR) is 63.9 cm³/mol. The second-order valence-corrected chi connectivity index (χ2v) is 5.37. The minimum Gasteiger partial charge on any atom is -0.394 e. The first-order valence-corrected chi connectivity index (χ1v) is 6.17. The molecule has 1 aliphatic carbocycles. The van der Waals surface area contributed by atoms with Gasteiger partial charge in [0.05, 0.1) is 18.2 Å². The van der Waals surface area contributed by atoms with Crippen molar-refractivity contribution in [2.24, 2.45) is 11.7 Å². The first-order valence-electron chi connectivity index (χ1n) is 6.17. The summed E-state index contributed by atoms with van der Waals surface area (Å²) in [6.45, 7) is 4.11. The second kappa shape index (κ2) is 5.64. The number of hydrogen-bond acceptors (Lipinski definition) is 3. The molecule has 0 aromatic carbocycles. The number of hydrogen-bond donors (Lipinski definition) is 3. The van der Waals surface area contributed by atoms with E-state index in [0.717, 1.165) is 25.7 Å². The van der Waals surface area contributed by atoms with E-state index >= 15 is 0 Å². The van der Waals surface area contributed by atoms with E-state index in [4.69, 9.17) is 5.73 Å². The Labute approximate surface area is 97.6 Å². The Morgan fingerprint density at radius 2 is 2.00 bits per heavy atom. The molecule has 0 aliphatic heterocycles. The Kier molecular flexibility index (Phi) is 4.74. The van der Waals surface area contributed by atoms with Gasteiger partial charge in [0.1, 0.15) is 0 Å². The van der Waals surface area contributed by atoms with Gasteiger partial charge in [-0.15, -0.1) is 0 Å². The quantitative estimate of drug-likeness (QED) is 0.651. The first kappa shape index (κ1) is 13.5. The van der Waals surface area contributed by atoms with Crippen molar-refractivity contribution >= 4 is 5.91 Å². The molecule has 1 rings (SSSR count). The van der Waals surface area contributed by atoms with Crippen LogP contribution in [0, 0.1) is 5.92 Å². The number of aliphatic hydroxyl groups is 1. The zero-order valence-electron chi connectivity index (χ0n) is 10.3. The summed E-state index contributed by atoms with van der Waals surface area (Å²) in [4.78, 5) is 11.9. The summed E-state index contributed by atoms with van der Waals surface area (Å²) in [6, 6.07) is -0.455. The number of amides is 1. The molecule has 0 radical (unpaired) electrons. The Morgan fingerprint density at radius 3 is 2.44 bits per heavy atom. The third-order valence-corrected chi connectivity index (χ3v) is 3.31. The molecule has 4 nitrogen and oxygen atoms in total. The summed E-state index contributed by atoms with van der Waals surface area (Å²) >= 11 is 0. The fourth-order valence-electron chi connectivity index (χ4n) is 2.34. The molecule has 4 N–H and O–H groups in total. The van der Waals surface area contributed by atoms with E-state index < -0.39 is 11.6 Å². The lowest BCUT2D eigenvalue weighted by Gasteiger charge is -2.29. The molecule has 1 aliphatic rings. The fraction of sp³-hybridized carbons (Fsp3) is 0.917. The summed E-state index contributed by atoms with van der Waals surface area (Å²) in [6.07, 6.45) is 4.56. The van der Waals surface area contributed by atoms with Crippen LogP contribution in [0.1, 0.15) is 46.0 Å². The van der Waals surface area contributed by atoms with Gasteiger partial charge in [0.2, 0.25) is 5.91 Å². The maximum Gasteiger partial charge on any atom is 0.237 e. The van der Waals surface area contributed by atoms with Crippen molar-refractivity contribution in [2.75, 3.05) is 6.61 Å². The fourth-order valence-corrected chi connectivity index (χ4v) is 2.34. The maximum atomic E-state index is 11.9. The summed E-state index contributed by atoms with van der Waals surface area (Å²) < 4.78 is 0. The number of carbonyl (C=O) groups excluding carboxylic acids is 1. The van der Waals surface area contributed by atoms with E-state index in [0.29, 0.717) is 12.3 Å². The number of carbonyl (C=O) groups is 1. The summed E-state index contributed by atoms with van der Waals surface area (Å²) in [5.74, 6) is 0.291. The highest BCUT2D eigenvalue weighted by Gasteiger charge is 2.35. The van der Waals surface area contributed by atoms with Gasteiger partial charge in [-0.2, -0.15) is 0 Å². The van der Waals surface area contributed by atoms with Gasteiger partial charge in [-0.05, 0) is 25.2 Å². The van der Waals surface area contributed by atoms with Crippen LogP contribution in [0.5, 0.6) is 0 Å². The standard InChI is InChI=1S/C12H24N2O2/c1-9(2)7-10(13)11(16)14-12(8-15)5-3-4-6-12/h9-10,15H,3-8,13H2,1-2H3,(H,14,16)/t10-/m1/s1. The molecule has 0 unspecified atom stereocenters. The van der Waals surface area contributed by atoms with Gasteiger partial charge < -0.3 is 16.2 Å². The Morgan fingerprint density at radius 1 is 1.44 bits per heavy atom. The molecular formula is C12H24N2O2. The minimum atomic E-state index is -0.455. The molecule has 0 aromatic heterocycles. The van der Waals surface area contributed by atoms with Crippen molar-refractivity contribution in [3.8, 4) is 0 Å². The molecule has 0 aromatic rings. The third-order valence-electron chi connectivity index (χ3n) is 3.31. The van der Waals surface area contributed by atoms with Crippen molar-refractivity contribution < 1.29 is 9.90 Å². The van der Waals surface area contributed by atoms with Crippen LogP contribution in [0.15, 0.2) is 0 Å². The van der Waals surface area contributed by atoms with Crippen LogP contribution in [-0.4, -0.2) is 29.2 Å². The van der Waals surface area contributed by atoms with Gasteiger partial charge in [-0.3, -0.25) is 4.79 Å². The van der Waals surface area contributed by atoms with Gasteiger partial charge in [0, 0.05) is 0 Å². The molecule has 4 heteroatoms. The second-order valence-electron chi connectivity index (χ2n) is 5.37. The van der Waals surface area contributed by atoms with Crippen LogP contribution in [0.2, 0.25) is 0 Å². The van der Waals surface area contributed by atoms with E-state index in [1.54, 1.807) is 0 Å². The first-order chi connectivity index (χ1) is 7.49. The Bertz CT molecular complexity index is 235. The van der Waals surface area contributed by atoms with Gasteiger partial charge in [0.25, 0.3) is 0 Å². The molecule has 0 saturated heterocycles. The lowest BCUT2D eigenvalue weighted by Crippen LogP contribution is -2.54. The molecule has 0 bridgehead atoms. The van der Waals surface area contributed by atoms with E-state index in [2.05, 4.69) is 5.32 Å². The minimum absolute atomic E-state index is 0.0210. The van der Waals surface area contributed by atoms with Gasteiger partial charge in [0.15, 0.2) is 0 Å². The smallest absolute Gasteiger partial charge is 0.237 e. The Hall–Kier alpha value is -0.610. The molecule has 0 spiro atoms. The van der Waals surface area contributed by atoms with Crippen LogP contribution in [-0.2, 0) is 4.79 Å². The van der Waals surface area contributed by atoms with E-state index in [-0.39, 0.29) is 12.5 Å². The van der Waals surface area contributed by atoms with Crippen molar-refractivity contribution in [1.29, 1.82) is 0 Å². The summed E-state index contributed by atoms with van der Waals surface area (Å²) in [5.41, 5.74) is 5.42. The molecule has 1 fully saturated rings. The number of nitrogens with one attached hydrogen (secondary N) is 1. The lowest BCUT2D eigenvalue weighted by molar-refractivity contribution is -0.125. The van der Waals surface area contributed by atoms with Gasteiger partial charge >= 0.3 is 0 Å². The van der Waals surface area contributed by atoms with Crippen molar-refractivity contribution in [1.82, 2.24) is 5.32 Å². The molecule has 94 valence electrons. The molecule has 1 atom stereocenters. The van der Waals surface area contributed by atoms with Gasteiger partial charge in [-0.25, -0.2) is 0 Å². The largest absolute Gasteiger partial charge is 0.394 e. The van der Waals surface area contributed by atoms with Crippen LogP contribution in [0.3, 0.4) is 0 Å². The maximum absolute atomic E-state index is 11.9. The van der Waals surface area contributed by atoms with Crippen LogP contribution in [0.25, 0.3) is 0 Å². The average molecular weight is 228 g/mol. The molecule has 1 amide bonds. The predicted octanol–water partition coefficient (Wildman–Crippen LogP) is 0.781. The van der Waals surface area contributed by atoms with Crippen molar-refractivity contribution in [3.63, 3.8) is 0 Å². The SMILES string of the molecule is CC(C)C[C@@H](N)C(=O)NC1(CO)CCCC1. The van der Waals surface area contributed by atoms with Gasteiger partial charge in [-0.1, -0.05) is 26.7 Å². The zero-order valence-corrected chi connectivity index (χ0v) is 10.3. The van der Waals surface area contributed by atoms with Crippen LogP contribution < -0.4 is 11.1 Å². The van der Waals surface area contributed by atoms with E-state index in [1.807, 2.05) is 13.8 Å². The average Bonchev–Trinajstić information content (AvgIpc) is 2.66. The molecule has 1 saturated carbocycles. The van der Waals surface area contributed by atoms with Crippen LogP contribution in [0.4, 0.5) is 0 Å². The molecule has 0 heterocycles. The highest BCUT2D eigenvalue weighted by Crippen LogP contribution is 2.29. The van der Waals surface area contributed by atoms with Crippen molar-refractivity contribution in [3.05, 3.63) is 0 Å². The Balaban J connectivity index is 2.48. The number of aliphatic hydroxyl groups excluding tert-OH is 1. The summed E-state index contributed by atoms with van der Waals surface area (Å²) in [5, 5.41) is 12.3.